The van der Waals surface area contributed by atoms with Crippen molar-refractivity contribution < 1.29 is 39.0 Å². The van der Waals surface area contributed by atoms with E-state index in [1.165, 1.54) is 55.6 Å². The molecule has 0 spiro atoms. The minimum absolute atomic E-state index is 0.0128. The average Bonchev–Trinajstić information content (AvgIpc) is 4.06. The fourth-order valence-electron chi connectivity index (χ4n) is 6.57. The lowest BCUT2D eigenvalue weighted by Gasteiger charge is -2.27. The van der Waals surface area contributed by atoms with Crippen molar-refractivity contribution in [3.8, 4) is 5.75 Å². The van der Waals surface area contributed by atoms with Gasteiger partial charge >= 0.3 is 5.97 Å². The maximum Gasteiger partial charge on any atom is 0.326 e. The summed E-state index contributed by atoms with van der Waals surface area (Å²) in [5, 5.41) is 33.1. The van der Waals surface area contributed by atoms with Crippen LogP contribution in [0.15, 0.2) is 92.2 Å². The van der Waals surface area contributed by atoms with Gasteiger partial charge in [0, 0.05) is 67.8 Å². The van der Waals surface area contributed by atoms with Gasteiger partial charge in [-0.05, 0) is 35.6 Å². The number of nitrogens with zero attached hydrogens (tertiary/aromatic N) is 3. The first kappa shape index (κ1) is 45.7. The van der Waals surface area contributed by atoms with Crippen LogP contribution in [0, 0.1) is 5.92 Å². The quantitative estimate of drug-likeness (QED) is 0.0413. The Morgan fingerprint density at radius 2 is 0.952 bits per heavy atom. The Bertz CT molecular complexity index is 2200. The largest absolute Gasteiger partial charge is 0.508 e. The van der Waals surface area contributed by atoms with Crippen molar-refractivity contribution in [1.82, 2.24) is 56.5 Å². The van der Waals surface area contributed by atoms with Gasteiger partial charge in [0.2, 0.25) is 29.5 Å². The number of phenols is 1. The van der Waals surface area contributed by atoms with Crippen LogP contribution in [0.1, 0.15) is 48.5 Å². The van der Waals surface area contributed by atoms with E-state index in [1.807, 2.05) is 13.8 Å². The topological polar surface area (TPSA) is 315 Å². The van der Waals surface area contributed by atoms with Crippen LogP contribution in [0.25, 0.3) is 0 Å². The number of nitrogens with two attached hydrogens (primary N) is 1. The number of phenolic OH excluding ortho intramolecular Hbond substituents is 1. The molecule has 3 aromatic heterocycles. The van der Waals surface area contributed by atoms with E-state index in [4.69, 9.17) is 5.73 Å². The first-order chi connectivity index (χ1) is 29.7. The zero-order valence-electron chi connectivity index (χ0n) is 34.2. The minimum atomic E-state index is -1.41. The third-order valence-electron chi connectivity index (χ3n) is 9.80. The molecule has 20 nitrogen and oxygen atoms in total. The van der Waals surface area contributed by atoms with Crippen molar-refractivity contribution in [2.75, 3.05) is 0 Å². The van der Waals surface area contributed by atoms with E-state index in [9.17, 15) is 39.0 Å². The van der Waals surface area contributed by atoms with Crippen molar-refractivity contribution in [3.05, 3.63) is 120 Å². The van der Waals surface area contributed by atoms with E-state index in [-0.39, 0.29) is 50.2 Å². The Morgan fingerprint density at radius 3 is 1.40 bits per heavy atom. The van der Waals surface area contributed by atoms with E-state index < -0.39 is 71.8 Å². The number of carbonyl (C=O) groups is 6. The molecule has 0 aliphatic rings. The van der Waals surface area contributed by atoms with Crippen LogP contribution in [0.2, 0.25) is 0 Å². The monoisotopic (exact) mass is 852 g/mol. The van der Waals surface area contributed by atoms with Crippen molar-refractivity contribution >= 4 is 35.5 Å². The maximum absolute atomic E-state index is 14.3. The van der Waals surface area contributed by atoms with Crippen molar-refractivity contribution in [2.45, 2.75) is 88.6 Å². The molecule has 0 saturated heterocycles. The van der Waals surface area contributed by atoms with Crippen LogP contribution < -0.4 is 32.3 Å². The molecule has 5 aromatic rings. The molecule has 0 saturated carbocycles. The molecule has 0 radical (unpaired) electrons. The molecule has 6 atom stereocenters. The molecule has 0 aliphatic heterocycles. The fourth-order valence-corrected chi connectivity index (χ4v) is 6.57. The predicted octanol–water partition coefficient (Wildman–Crippen LogP) is -0.0432. The van der Waals surface area contributed by atoms with Crippen molar-refractivity contribution in [1.29, 1.82) is 0 Å². The number of aromatic hydroxyl groups is 1. The lowest BCUT2D eigenvalue weighted by molar-refractivity contribution is -0.142. The molecule has 0 unspecified atom stereocenters. The van der Waals surface area contributed by atoms with E-state index >= 15 is 0 Å². The van der Waals surface area contributed by atoms with E-state index in [0.717, 1.165) is 0 Å². The van der Waals surface area contributed by atoms with Crippen molar-refractivity contribution in [2.24, 2.45) is 11.7 Å². The summed E-state index contributed by atoms with van der Waals surface area (Å²) in [7, 11) is 0. The lowest BCUT2D eigenvalue weighted by Crippen LogP contribution is -2.60. The van der Waals surface area contributed by atoms with Crippen LogP contribution in [0.3, 0.4) is 0 Å². The molecule has 0 fully saturated rings. The summed E-state index contributed by atoms with van der Waals surface area (Å²) in [5.41, 5.74) is 8.92. The molecule has 20 heteroatoms. The van der Waals surface area contributed by atoms with Gasteiger partial charge in [-0.25, -0.2) is 19.7 Å². The number of aromatic nitrogens is 6. The summed E-state index contributed by atoms with van der Waals surface area (Å²) in [5.74, 6) is -5.01. The molecule has 328 valence electrons. The number of carbonyl (C=O) groups excluding carboxylic acids is 5. The second-order valence-electron chi connectivity index (χ2n) is 15.3. The van der Waals surface area contributed by atoms with Crippen molar-refractivity contribution in [3.63, 3.8) is 0 Å². The van der Waals surface area contributed by atoms with Gasteiger partial charge in [0.05, 0.1) is 25.0 Å². The molecule has 0 aliphatic carbocycles. The second-order valence-corrected chi connectivity index (χ2v) is 15.3. The number of imidazole rings is 3. The average molecular weight is 853 g/mol. The Balaban J connectivity index is 1.37. The van der Waals surface area contributed by atoms with Gasteiger partial charge in [-0.3, -0.25) is 24.0 Å². The van der Waals surface area contributed by atoms with Gasteiger partial charge in [0.1, 0.15) is 36.0 Å². The number of carboxylic acids is 1. The van der Waals surface area contributed by atoms with Gasteiger partial charge in [0.25, 0.3) is 0 Å². The standard InChI is InChI=1S/C42H52N12O8/c1-24(2)12-32(50-37(56)31(43)15-27-18-44-21-47-27)38(57)52-34(16-28-19-45-22-48-28)40(59)51-33(13-25-6-4-3-5-7-25)39(58)53-35(17-29-20-46-23-49-29)41(60)54-36(42(61)62)14-26-8-10-30(55)11-9-26/h3-11,18-24,31-36,55H,12-17,43H2,1-2H3,(H,44,47)(H,45,48)(H,46,49)(H,50,56)(H,51,59)(H,52,57)(H,53,58)(H,54,60)(H,61,62)/t31-,32-,33-,34-,35-,36-/m0/s1. The molecule has 2 aromatic carbocycles. The van der Waals surface area contributed by atoms with Gasteiger partial charge in [-0.2, -0.15) is 0 Å². The smallest absolute Gasteiger partial charge is 0.326 e. The number of benzene rings is 2. The molecule has 62 heavy (non-hydrogen) atoms. The highest BCUT2D eigenvalue weighted by molar-refractivity contribution is 5.96. The highest BCUT2D eigenvalue weighted by atomic mass is 16.4. The van der Waals surface area contributed by atoms with E-state index in [2.05, 4.69) is 56.5 Å². The second kappa shape index (κ2) is 22.3. The van der Waals surface area contributed by atoms with Crippen LogP contribution >= 0.6 is 0 Å². The summed E-state index contributed by atoms with van der Waals surface area (Å²) in [6.45, 7) is 3.74. The summed E-state index contributed by atoms with van der Waals surface area (Å²) in [6.07, 6.45) is 8.71. The summed E-state index contributed by atoms with van der Waals surface area (Å²) < 4.78 is 0. The Kier molecular flexibility index (Phi) is 16.5. The Labute approximate surface area is 356 Å². The summed E-state index contributed by atoms with van der Waals surface area (Å²) >= 11 is 0. The number of rotatable bonds is 23. The van der Waals surface area contributed by atoms with Crippen LogP contribution in [0.4, 0.5) is 0 Å². The van der Waals surface area contributed by atoms with E-state index in [1.54, 1.807) is 36.5 Å². The highest BCUT2D eigenvalue weighted by Gasteiger charge is 2.34. The van der Waals surface area contributed by atoms with Gasteiger partial charge < -0.3 is 57.5 Å². The van der Waals surface area contributed by atoms with Crippen LogP contribution in [-0.4, -0.2) is 112 Å². The predicted molar refractivity (Wildman–Crippen MR) is 224 cm³/mol. The SMILES string of the molecule is CC(C)C[C@H](NC(=O)[C@@H](N)Cc1cnc[nH]1)C(=O)N[C@@H](Cc1cnc[nH]1)C(=O)N[C@@H](Cc1ccccc1)C(=O)N[C@@H](Cc1cnc[nH]1)C(=O)N[C@@H](Cc1ccc(O)cc1)C(=O)O. The van der Waals surface area contributed by atoms with Gasteiger partial charge in [-0.1, -0.05) is 56.3 Å². The fraction of sp³-hybridized carbons (Fsp3) is 0.357. The molecular weight excluding hydrogens is 801 g/mol. The zero-order chi connectivity index (χ0) is 44.6. The number of amides is 5. The molecule has 5 amide bonds. The molecule has 12 N–H and O–H groups in total. The van der Waals surface area contributed by atoms with E-state index in [0.29, 0.717) is 28.2 Å². The summed E-state index contributed by atoms with van der Waals surface area (Å²) in [4.78, 5) is 103. The zero-order valence-corrected chi connectivity index (χ0v) is 34.2. The number of aromatic amines is 3. The first-order valence-corrected chi connectivity index (χ1v) is 20.0. The lowest BCUT2D eigenvalue weighted by atomic mass is 10.0. The highest BCUT2D eigenvalue weighted by Crippen LogP contribution is 2.13. The molecule has 3 heterocycles. The molecule has 5 rings (SSSR count). The number of H-pyrrole nitrogens is 3. The summed E-state index contributed by atoms with van der Waals surface area (Å²) in [6, 6.07) is 7.20. The first-order valence-electron chi connectivity index (χ1n) is 20.0. The molecule has 0 bridgehead atoms. The van der Waals surface area contributed by atoms with Gasteiger partial charge in [0.15, 0.2) is 0 Å². The third-order valence-corrected chi connectivity index (χ3v) is 9.80. The minimum Gasteiger partial charge on any atom is -0.508 e. The van der Waals surface area contributed by atoms with Crippen LogP contribution in [-0.2, 0) is 60.9 Å². The number of hydrogen-bond donors (Lipinski definition) is 11. The van der Waals surface area contributed by atoms with Crippen LogP contribution in [0.5, 0.6) is 5.75 Å². The Morgan fingerprint density at radius 1 is 0.548 bits per heavy atom. The number of nitrogens with one attached hydrogen (secondary N) is 8. The maximum atomic E-state index is 14.3. The number of aliphatic carboxylic acids is 1. The number of carboxylic acid groups (broad SMARTS) is 1. The molecular formula is C42H52N12O8. The normalized spacial score (nSPS) is 14.1. The number of hydrogen-bond acceptors (Lipinski definition) is 11. The van der Waals surface area contributed by atoms with Gasteiger partial charge in [-0.15, -0.1) is 0 Å². The Hall–Kier alpha value is -7.35. The third kappa shape index (κ3) is 14.1.